The van der Waals surface area contributed by atoms with Crippen LogP contribution in [0.15, 0.2) is 6.20 Å². The summed E-state index contributed by atoms with van der Waals surface area (Å²) in [4.78, 5) is 6.75. The molecular formula is C14H21FN2O. The molecule has 0 amide bonds. The Bertz CT molecular complexity index is 415. The molecule has 1 aromatic rings. The molecule has 0 radical (unpaired) electrons. The van der Waals surface area contributed by atoms with E-state index in [0.717, 1.165) is 42.2 Å². The summed E-state index contributed by atoms with van der Waals surface area (Å²) < 4.78 is 18.5. The van der Waals surface area contributed by atoms with Crippen molar-refractivity contribution in [2.24, 2.45) is 0 Å². The summed E-state index contributed by atoms with van der Waals surface area (Å²) in [5.74, 6) is 0.917. The molecule has 0 atom stereocenters. The molecule has 0 bridgehead atoms. The number of hydrogen-bond donors (Lipinski definition) is 0. The second-order valence-electron chi connectivity index (χ2n) is 5.00. The monoisotopic (exact) mass is 252 g/mol. The van der Waals surface area contributed by atoms with Gasteiger partial charge in [-0.25, -0.2) is 4.39 Å². The number of aromatic nitrogens is 1. The van der Waals surface area contributed by atoms with E-state index in [4.69, 9.17) is 4.74 Å². The summed E-state index contributed by atoms with van der Waals surface area (Å²) in [7, 11) is 1.69. The van der Waals surface area contributed by atoms with Gasteiger partial charge in [0.1, 0.15) is 11.9 Å². The molecule has 1 saturated heterocycles. The number of rotatable bonds is 3. The van der Waals surface area contributed by atoms with Crippen LogP contribution >= 0.6 is 0 Å². The van der Waals surface area contributed by atoms with E-state index in [9.17, 15) is 4.39 Å². The van der Waals surface area contributed by atoms with Crippen LogP contribution in [-0.2, 0) is 6.54 Å². The number of aryl methyl sites for hydroxylation is 1. The summed E-state index contributed by atoms with van der Waals surface area (Å²) in [5, 5.41) is 0. The van der Waals surface area contributed by atoms with Crippen LogP contribution in [0.5, 0.6) is 5.75 Å². The maximum Gasteiger partial charge on any atom is 0.128 e. The first-order chi connectivity index (χ1) is 8.61. The van der Waals surface area contributed by atoms with E-state index in [1.807, 2.05) is 20.0 Å². The summed E-state index contributed by atoms with van der Waals surface area (Å²) >= 11 is 0. The second kappa shape index (κ2) is 5.65. The SMILES string of the molecule is COc1c(C)cnc(CN2CCC(F)CC2)c1C. The van der Waals surface area contributed by atoms with Gasteiger partial charge in [0.05, 0.1) is 12.8 Å². The maximum atomic E-state index is 13.1. The molecule has 1 aliphatic rings. The highest BCUT2D eigenvalue weighted by Crippen LogP contribution is 2.25. The summed E-state index contributed by atoms with van der Waals surface area (Å²) in [6, 6.07) is 0. The molecule has 18 heavy (non-hydrogen) atoms. The van der Waals surface area contributed by atoms with Gasteiger partial charge in [-0.2, -0.15) is 0 Å². The number of hydrogen-bond acceptors (Lipinski definition) is 3. The van der Waals surface area contributed by atoms with E-state index in [2.05, 4.69) is 9.88 Å². The molecule has 4 heteroatoms. The van der Waals surface area contributed by atoms with Crippen molar-refractivity contribution in [1.29, 1.82) is 0 Å². The normalized spacial score (nSPS) is 18.0. The van der Waals surface area contributed by atoms with Gasteiger partial charge in [-0.05, 0) is 26.7 Å². The van der Waals surface area contributed by atoms with Gasteiger partial charge in [0.15, 0.2) is 0 Å². The number of nitrogens with zero attached hydrogens (tertiary/aromatic N) is 2. The molecule has 100 valence electrons. The van der Waals surface area contributed by atoms with Crippen molar-refractivity contribution >= 4 is 0 Å². The lowest BCUT2D eigenvalue weighted by Gasteiger charge is -2.28. The van der Waals surface area contributed by atoms with Crippen molar-refractivity contribution in [1.82, 2.24) is 9.88 Å². The van der Waals surface area contributed by atoms with Crippen LogP contribution < -0.4 is 4.74 Å². The molecule has 2 heterocycles. The van der Waals surface area contributed by atoms with Gasteiger partial charge in [0.25, 0.3) is 0 Å². The Balaban J connectivity index is 2.10. The molecule has 0 spiro atoms. The number of halogens is 1. The molecule has 3 nitrogen and oxygen atoms in total. The predicted molar refractivity (Wildman–Crippen MR) is 69.7 cm³/mol. The fourth-order valence-electron chi connectivity index (χ4n) is 2.50. The van der Waals surface area contributed by atoms with E-state index in [-0.39, 0.29) is 0 Å². The lowest BCUT2D eigenvalue weighted by atomic mass is 10.1. The number of methoxy groups -OCH3 is 1. The fraction of sp³-hybridized carbons (Fsp3) is 0.643. The van der Waals surface area contributed by atoms with Gasteiger partial charge in [0.2, 0.25) is 0 Å². The van der Waals surface area contributed by atoms with Crippen LogP contribution in [0.4, 0.5) is 4.39 Å². The Morgan fingerprint density at radius 2 is 2.06 bits per heavy atom. The Morgan fingerprint density at radius 3 is 2.67 bits per heavy atom. The molecule has 0 aromatic carbocycles. The predicted octanol–water partition coefficient (Wildman–Crippen LogP) is 2.64. The molecule has 0 N–H and O–H groups in total. The van der Waals surface area contributed by atoms with Crippen molar-refractivity contribution in [2.75, 3.05) is 20.2 Å². The third-order valence-electron chi connectivity index (χ3n) is 3.64. The first-order valence-corrected chi connectivity index (χ1v) is 6.47. The Hall–Kier alpha value is -1.16. The molecule has 0 saturated carbocycles. The number of likely N-dealkylation sites (tertiary alicyclic amines) is 1. The lowest BCUT2D eigenvalue weighted by molar-refractivity contribution is 0.144. The van der Waals surface area contributed by atoms with Crippen LogP contribution in [0.2, 0.25) is 0 Å². The minimum Gasteiger partial charge on any atom is -0.496 e. The van der Waals surface area contributed by atoms with Crippen molar-refractivity contribution in [3.8, 4) is 5.75 Å². The first-order valence-electron chi connectivity index (χ1n) is 6.47. The minimum atomic E-state index is -0.622. The molecule has 1 aliphatic heterocycles. The summed E-state index contributed by atoms with van der Waals surface area (Å²) in [5.41, 5.74) is 3.19. The van der Waals surface area contributed by atoms with E-state index >= 15 is 0 Å². The van der Waals surface area contributed by atoms with E-state index in [0.29, 0.717) is 12.8 Å². The van der Waals surface area contributed by atoms with Crippen LogP contribution in [-0.4, -0.2) is 36.3 Å². The fourth-order valence-corrected chi connectivity index (χ4v) is 2.50. The lowest BCUT2D eigenvalue weighted by Crippen LogP contribution is -2.34. The van der Waals surface area contributed by atoms with Crippen LogP contribution in [0, 0.1) is 13.8 Å². The third-order valence-corrected chi connectivity index (χ3v) is 3.64. The van der Waals surface area contributed by atoms with Crippen LogP contribution in [0.1, 0.15) is 29.7 Å². The zero-order valence-corrected chi connectivity index (χ0v) is 11.4. The largest absolute Gasteiger partial charge is 0.496 e. The molecule has 1 fully saturated rings. The maximum absolute atomic E-state index is 13.1. The number of piperidine rings is 1. The second-order valence-corrected chi connectivity index (χ2v) is 5.00. The minimum absolute atomic E-state index is 0.622. The zero-order valence-electron chi connectivity index (χ0n) is 11.4. The van der Waals surface area contributed by atoms with Gasteiger partial charge < -0.3 is 4.74 Å². The van der Waals surface area contributed by atoms with Gasteiger partial charge in [-0.15, -0.1) is 0 Å². The van der Waals surface area contributed by atoms with Crippen molar-refractivity contribution in [3.63, 3.8) is 0 Å². The van der Waals surface area contributed by atoms with E-state index in [1.54, 1.807) is 7.11 Å². The highest BCUT2D eigenvalue weighted by Gasteiger charge is 2.20. The van der Waals surface area contributed by atoms with Crippen molar-refractivity contribution in [2.45, 2.75) is 39.4 Å². The Kier molecular flexibility index (Phi) is 4.17. The van der Waals surface area contributed by atoms with Crippen LogP contribution in [0.25, 0.3) is 0 Å². The molecule has 2 rings (SSSR count). The number of alkyl halides is 1. The molecule has 0 unspecified atom stereocenters. The van der Waals surface area contributed by atoms with Crippen molar-refractivity contribution in [3.05, 3.63) is 23.0 Å². The average Bonchev–Trinajstić information content (AvgIpc) is 2.36. The van der Waals surface area contributed by atoms with Gasteiger partial charge >= 0.3 is 0 Å². The topological polar surface area (TPSA) is 25.4 Å². The Labute approximate surface area is 108 Å². The number of ether oxygens (including phenoxy) is 1. The Morgan fingerprint density at radius 1 is 1.39 bits per heavy atom. The highest BCUT2D eigenvalue weighted by molar-refractivity contribution is 5.41. The quantitative estimate of drug-likeness (QED) is 0.827. The first kappa shape index (κ1) is 13.3. The van der Waals surface area contributed by atoms with Crippen LogP contribution in [0.3, 0.4) is 0 Å². The number of pyridine rings is 1. The third kappa shape index (κ3) is 2.80. The smallest absolute Gasteiger partial charge is 0.128 e. The van der Waals surface area contributed by atoms with E-state index in [1.165, 1.54) is 0 Å². The van der Waals surface area contributed by atoms with E-state index < -0.39 is 6.17 Å². The molecule has 0 aliphatic carbocycles. The molecule has 1 aromatic heterocycles. The highest BCUT2D eigenvalue weighted by atomic mass is 19.1. The van der Waals surface area contributed by atoms with Gasteiger partial charge in [-0.1, -0.05) is 0 Å². The van der Waals surface area contributed by atoms with Gasteiger partial charge in [-0.3, -0.25) is 9.88 Å². The zero-order chi connectivity index (χ0) is 13.1. The average molecular weight is 252 g/mol. The van der Waals surface area contributed by atoms with Gasteiger partial charge in [0, 0.05) is 37.0 Å². The summed E-state index contributed by atoms with van der Waals surface area (Å²) in [6.45, 7) is 6.46. The standard InChI is InChI=1S/C14H21FN2O/c1-10-8-16-13(11(2)14(10)18-3)9-17-6-4-12(15)5-7-17/h8,12H,4-7,9H2,1-3H3. The molecular weight excluding hydrogens is 231 g/mol. The van der Waals surface area contributed by atoms with Crippen molar-refractivity contribution < 1.29 is 9.13 Å². The summed E-state index contributed by atoms with van der Waals surface area (Å²) in [6.07, 6.45) is 2.51.